The van der Waals surface area contributed by atoms with E-state index >= 15 is 0 Å². The lowest BCUT2D eigenvalue weighted by molar-refractivity contribution is -0.136. The molecule has 2 heteroatoms. The minimum atomic E-state index is -0.761. The van der Waals surface area contributed by atoms with Crippen molar-refractivity contribution in [3.8, 4) is 0 Å². The molecule has 0 unspecified atom stereocenters. The normalized spacial score (nSPS) is 10.3. The van der Waals surface area contributed by atoms with Gasteiger partial charge in [-0.05, 0) is 24.0 Å². The molecule has 0 radical (unpaired) electrons. The van der Waals surface area contributed by atoms with Gasteiger partial charge in [0.2, 0.25) is 0 Å². The monoisotopic (exact) mass is 220 g/mol. The van der Waals surface area contributed by atoms with Crippen LogP contribution in [-0.2, 0) is 17.6 Å². The van der Waals surface area contributed by atoms with Gasteiger partial charge >= 0.3 is 5.97 Å². The summed E-state index contributed by atoms with van der Waals surface area (Å²) in [5, 5.41) is 8.70. The number of rotatable bonds is 7. The maximum absolute atomic E-state index is 10.6. The zero-order valence-electron chi connectivity index (χ0n) is 9.91. The highest BCUT2D eigenvalue weighted by Gasteiger charge is 2.01. The predicted octanol–water partition coefficient (Wildman–Crippen LogP) is 3.44. The van der Waals surface area contributed by atoms with Crippen LogP contribution in [0.3, 0.4) is 0 Å². The molecule has 88 valence electrons. The van der Waals surface area contributed by atoms with Crippen LogP contribution < -0.4 is 0 Å². The average Bonchev–Trinajstić information content (AvgIpc) is 2.24. The molecule has 0 saturated carbocycles. The molecule has 2 nitrogen and oxygen atoms in total. The van der Waals surface area contributed by atoms with E-state index in [-0.39, 0.29) is 6.42 Å². The summed E-state index contributed by atoms with van der Waals surface area (Å²) in [5.74, 6) is -0.761. The fourth-order valence-electron chi connectivity index (χ4n) is 1.83. The van der Waals surface area contributed by atoms with Gasteiger partial charge < -0.3 is 5.11 Å². The smallest absolute Gasteiger partial charge is 0.307 e. The summed E-state index contributed by atoms with van der Waals surface area (Å²) in [6, 6.07) is 7.93. The van der Waals surface area contributed by atoms with Crippen molar-refractivity contribution >= 4 is 5.97 Å². The van der Waals surface area contributed by atoms with Gasteiger partial charge in [0.05, 0.1) is 6.42 Å². The van der Waals surface area contributed by atoms with Crippen LogP contribution in [0.5, 0.6) is 0 Å². The van der Waals surface area contributed by atoms with Crippen LogP contribution in [0.25, 0.3) is 0 Å². The highest BCUT2D eigenvalue weighted by atomic mass is 16.4. The Morgan fingerprint density at radius 2 is 1.94 bits per heavy atom. The summed E-state index contributed by atoms with van der Waals surface area (Å²) in [5.41, 5.74) is 2.16. The Labute approximate surface area is 97.3 Å². The van der Waals surface area contributed by atoms with Gasteiger partial charge in [0, 0.05) is 0 Å². The molecule has 0 aliphatic rings. The van der Waals surface area contributed by atoms with Gasteiger partial charge in [-0.3, -0.25) is 4.79 Å². The molecular formula is C14H20O2. The molecule has 0 amide bonds. The van der Waals surface area contributed by atoms with Crippen LogP contribution in [-0.4, -0.2) is 11.1 Å². The largest absolute Gasteiger partial charge is 0.481 e. The Morgan fingerprint density at radius 3 is 2.62 bits per heavy atom. The van der Waals surface area contributed by atoms with E-state index in [4.69, 9.17) is 5.11 Å². The minimum absolute atomic E-state index is 0.128. The van der Waals surface area contributed by atoms with Crippen molar-refractivity contribution < 1.29 is 9.90 Å². The third-order valence-electron chi connectivity index (χ3n) is 2.67. The van der Waals surface area contributed by atoms with Crippen molar-refractivity contribution in [3.63, 3.8) is 0 Å². The fourth-order valence-corrected chi connectivity index (χ4v) is 1.83. The number of hydrogen-bond acceptors (Lipinski definition) is 1. The molecule has 0 aromatic heterocycles. The van der Waals surface area contributed by atoms with Crippen molar-refractivity contribution in [1.82, 2.24) is 0 Å². The second-order valence-corrected chi connectivity index (χ2v) is 4.20. The van der Waals surface area contributed by atoms with Gasteiger partial charge in [-0.15, -0.1) is 0 Å². The Bertz CT molecular complexity index is 331. The molecule has 0 fully saturated rings. The number of hydrogen-bond donors (Lipinski definition) is 1. The standard InChI is InChI=1S/C14H20O2/c1-2-3-4-5-7-12-8-6-9-13(10-12)11-14(15)16/h6,8-10H,2-5,7,11H2,1H3,(H,15,16). The lowest BCUT2D eigenvalue weighted by Gasteiger charge is -2.03. The summed E-state index contributed by atoms with van der Waals surface area (Å²) in [7, 11) is 0. The topological polar surface area (TPSA) is 37.3 Å². The Balaban J connectivity index is 2.44. The molecule has 1 aromatic rings. The quantitative estimate of drug-likeness (QED) is 0.715. The number of carbonyl (C=O) groups is 1. The summed E-state index contributed by atoms with van der Waals surface area (Å²) in [4.78, 5) is 10.6. The van der Waals surface area contributed by atoms with E-state index in [1.54, 1.807) is 0 Å². The van der Waals surface area contributed by atoms with Gasteiger partial charge in [0.25, 0.3) is 0 Å². The molecule has 1 N–H and O–H groups in total. The van der Waals surface area contributed by atoms with Crippen LogP contribution in [0.1, 0.15) is 43.7 Å². The average molecular weight is 220 g/mol. The first-order chi connectivity index (χ1) is 7.72. The zero-order chi connectivity index (χ0) is 11.8. The number of carboxylic acids is 1. The molecular weight excluding hydrogens is 200 g/mol. The molecule has 0 aliphatic heterocycles. The van der Waals surface area contributed by atoms with Crippen LogP contribution in [0.4, 0.5) is 0 Å². The number of aliphatic carboxylic acids is 1. The van der Waals surface area contributed by atoms with Crippen LogP contribution in [0.2, 0.25) is 0 Å². The van der Waals surface area contributed by atoms with Gasteiger partial charge in [0.1, 0.15) is 0 Å². The zero-order valence-corrected chi connectivity index (χ0v) is 9.91. The first kappa shape index (κ1) is 12.8. The molecule has 1 aromatic carbocycles. The Hall–Kier alpha value is -1.31. The van der Waals surface area contributed by atoms with Crippen molar-refractivity contribution in [2.24, 2.45) is 0 Å². The molecule has 0 heterocycles. The first-order valence-electron chi connectivity index (χ1n) is 6.02. The van der Waals surface area contributed by atoms with E-state index < -0.39 is 5.97 Å². The molecule has 16 heavy (non-hydrogen) atoms. The van der Waals surface area contributed by atoms with Gasteiger partial charge in [-0.25, -0.2) is 0 Å². The van der Waals surface area contributed by atoms with E-state index in [1.165, 1.54) is 31.2 Å². The highest BCUT2D eigenvalue weighted by Crippen LogP contribution is 2.10. The summed E-state index contributed by atoms with van der Waals surface area (Å²) >= 11 is 0. The van der Waals surface area contributed by atoms with Crippen molar-refractivity contribution in [2.75, 3.05) is 0 Å². The van der Waals surface area contributed by atoms with Crippen molar-refractivity contribution in [2.45, 2.75) is 45.4 Å². The van der Waals surface area contributed by atoms with Gasteiger partial charge in [-0.1, -0.05) is 50.5 Å². The van der Waals surface area contributed by atoms with Crippen LogP contribution in [0.15, 0.2) is 24.3 Å². The summed E-state index contributed by atoms with van der Waals surface area (Å²) in [6.45, 7) is 2.20. The molecule has 0 spiro atoms. The fraction of sp³-hybridized carbons (Fsp3) is 0.500. The van der Waals surface area contributed by atoms with Crippen molar-refractivity contribution in [1.29, 1.82) is 0 Å². The molecule has 0 saturated heterocycles. The number of carboxylic acid groups (broad SMARTS) is 1. The third-order valence-corrected chi connectivity index (χ3v) is 2.67. The lowest BCUT2D eigenvalue weighted by atomic mass is 10.0. The number of unbranched alkanes of at least 4 members (excludes halogenated alkanes) is 3. The maximum atomic E-state index is 10.6. The SMILES string of the molecule is CCCCCCc1cccc(CC(=O)O)c1. The maximum Gasteiger partial charge on any atom is 0.307 e. The van der Waals surface area contributed by atoms with E-state index in [0.717, 1.165) is 12.0 Å². The Morgan fingerprint density at radius 1 is 1.19 bits per heavy atom. The second-order valence-electron chi connectivity index (χ2n) is 4.20. The first-order valence-corrected chi connectivity index (χ1v) is 6.02. The Kier molecular flexibility index (Phi) is 5.62. The predicted molar refractivity (Wildman–Crippen MR) is 65.6 cm³/mol. The van der Waals surface area contributed by atoms with E-state index in [1.807, 2.05) is 18.2 Å². The number of benzene rings is 1. The molecule has 1 rings (SSSR count). The minimum Gasteiger partial charge on any atom is -0.481 e. The molecule has 0 atom stereocenters. The lowest BCUT2D eigenvalue weighted by Crippen LogP contribution is -2.00. The number of aryl methyl sites for hydroxylation is 1. The molecule has 0 bridgehead atoms. The molecule has 0 aliphatic carbocycles. The summed E-state index contributed by atoms with van der Waals surface area (Å²) in [6.07, 6.45) is 6.19. The summed E-state index contributed by atoms with van der Waals surface area (Å²) < 4.78 is 0. The van der Waals surface area contributed by atoms with Crippen LogP contribution >= 0.6 is 0 Å². The van der Waals surface area contributed by atoms with Gasteiger partial charge in [-0.2, -0.15) is 0 Å². The van der Waals surface area contributed by atoms with Gasteiger partial charge in [0.15, 0.2) is 0 Å². The second kappa shape index (κ2) is 7.04. The van der Waals surface area contributed by atoms with Crippen molar-refractivity contribution in [3.05, 3.63) is 35.4 Å². The van der Waals surface area contributed by atoms with Crippen LogP contribution in [0, 0.1) is 0 Å². The third kappa shape index (κ3) is 4.96. The highest BCUT2D eigenvalue weighted by molar-refractivity contribution is 5.70. The van der Waals surface area contributed by atoms with E-state index in [2.05, 4.69) is 13.0 Å². The van der Waals surface area contributed by atoms with E-state index in [0.29, 0.717) is 0 Å². The van der Waals surface area contributed by atoms with E-state index in [9.17, 15) is 4.79 Å².